The van der Waals surface area contributed by atoms with E-state index in [4.69, 9.17) is 13.9 Å². The number of ether oxygens (including phenoxy) is 2. The Morgan fingerprint density at radius 2 is 1.71 bits per heavy atom. The molecular formula is C27H31FN2O5. The zero-order valence-corrected chi connectivity index (χ0v) is 20.5. The van der Waals surface area contributed by atoms with Gasteiger partial charge in [0.1, 0.15) is 29.6 Å². The van der Waals surface area contributed by atoms with Crippen LogP contribution in [0.5, 0.6) is 11.5 Å². The molecule has 0 aliphatic carbocycles. The van der Waals surface area contributed by atoms with Crippen molar-refractivity contribution in [3.05, 3.63) is 83.6 Å². The molecule has 7 nitrogen and oxygen atoms in total. The molecule has 0 bridgehead atoms. The van der Waals surface area contributed by atoms with Crippen molar-refractivity contribution in [1.82, 2.24) is 9.80 Å². The van der Waals surface area contributed by atoms with Crippen LogP contribution in [0.25, 0.3) is 0 Å². The fourth-order valence-corrected chi connectivity index (χ4v) is 3.70. The SMILES string of the molecule is COc1ccc(C(=O)N(CC(=O)N(Cc2ccc(F)cc2)Cc2ccco2)CC(C)C)c(OC)c1. The van der Waals surface area contributed by atoms with E-state index in [-0.39, 0.29) is 43.2 Å². The van der Waals surface area contributed by atoms with Crippen molar-refractivity contribution in [3.63, 3.8) is 0 Å². The highest BCUT2D eigenvalue weighted by Crippen LogP contribution is 2.26. The highest BCUT2D eigenvalue weighted by atomic mass is 19.1. The molecule has 1 aromatic heterocycles. The number of nitrogens with zero attached hydrogens (tertiary/aromatic N) is 2. The van der Waals surface area contributed by atoms with Crippen molar-refractivity contribution >= 4 is 11.8 Å². The molecule has 0 radical (unpaired) electrons. The molecule has 0 spiro atoms. The first-order chi connectivity index (χ1) is 16.8. The summed E-state index contributed by atoms with van der Waals surface area (Å²) in [7, 11) is 3.02. The number of furan rings is 1. The number of rotatable bonds is 11. The summed E-state index contributed by atoms with van der Waals surface area (Å²) in [4.78, 5) is 30.1. The lowest BCUT2D eigenvalue weighted by Crippen LogP contribution is -2.44. The minimum atomic E-state index is -0.347. The molecule has 0 atom stereocenters. The lowest BCUT2D eigenvalue weighted by molar-refractivity contribution is -0.133. The monoisotopic (exact) mass is 482 g/mol. The lowest BCUT2D eigenvalue weighted by Gasteiger charge is -2.29. The smallest absolute Gasteiger partial charge is 0.258 e. The summed E-state index contributed by atoms with van der Waals surface area (Å²) in [6, 6.07) is 14.5. The highest BCUT2D eigenvalue weighted by molar-refractivity contribution is 5.99. The maximum absolute atomic E-state index is 13.5. The summed E-state index contributed by atoms with van der Waals surface area (Å²) in [5.74, 6) is 0.757. The van der Waals surface area contributed by atoms with Gasteiger partial charge in [-0.05, 0) is 47.9 Å². The van der Waals surface area contributed by atoms with E-state index >= 15 is 0 Å². The molecule has 2 aromatic carbocycles. The third-order valence-corrected chi connectivity index (χ3v) is 5.40. The molecule has 0 N–H and O–H groups in total. The van der Waals surface area contributed by atoms with E-state index in [1.807, 2.05) is 13.8 Å². The molecule has 0 saturated heterocycles. The first-order valence-corrected chi connectivity index (χ1v) is 11.4. The molecule has 2 amide bonds. The number of hydrogen-bond donors (Lipinski definition) is 0. The Labute approximate surface area is 205 Å². The van der Waals surface area contributed by atoms with Crippen LogP contribution in [0.3, 0.4) is 0 Å². The predicted molar refractivity (Wildman–Crippen MR) is 130 cm³/mol. The molecule has 8 heteroatoms. The number of halogens is 1. The Kier molecular flexibility index (Phi) is 8.89. The largest absolute Gasteiger partial charge is 0.497 e. The fourth-order valence-electron chi connectivity index (χ4n) is 3.70. The van der Waals surface area contributed by atoms with Crippen LogP contribution in [0.4, 0.5) is 4.39 Å². The summed E-state index contributed by atoms with van der Waals surface area (Å²) in [6.07, 6.45) is 1.54. The van der Waals surface area contributed by atoms with Crippen molar-refractivity contribution in [2.45, 2.75) is 26.9 Å². The summed E-state index contributed by atoms with van der Waals surface area (Å²) in [5, 5.41) is 0. The standard InChI is InChI=1S/C27H31FN2O5/c1-19(2)15-30(27(32)24-12-11-22(33-3)14-25(24)34-4)18-26(31)29(17-23-6-5-13-35-23)16-20-7-9-21(28)10-8-20/h5-14,19H,15-18H2,1-4H3. The van der Waals surface area contributed by atoms with Gasteiger partial charge in [-0.15, -0.1) is 0 Å². The molecule has 0 saturated carbocycles. The van der Waals surface area contributed by atoms with Gasteiger partial charge in [-0.1, -0.05) is 26.0 Å². The molecule has 0 aliphatic rings. The van der Waals surface area contributed by atoms with E-state index in [1.54, 1.807) is 53.6 Å². The topological polar surface area (TPSA) is 72.2 Å². The lowest BCUT2D eigenvalue weighted by atomic mass is 10.1. The average molecular weight is 483 g/mol. The highest BCUT2D eigenvalue weighted by Gasteiger charge is 2.26. The number of benzene rings is 2. The fraction of sp³-hybridized carbons (Fsp3) is 0.333. The summed E-state index contributed by atoms with van der Waals surface area (Å²) in [6.45, 7) is 4.68. The molecule has 0 unspecified atom stereocenters. The number of carbonyl (C=O) groups excluding carboxylic acids is 2. The zero-order chi connectivity index (χ0) is 25.4. The molecule has 0 fully saturated rings. The van der Waals surface area contributed by atoms with E-state index in [9.17, 15) is 14.0 Å². The molecule has 3 rings (SSSR count). The van der Waals surface area contributed by atoms with Crippen LogP contribution < -0.4 is 9.47 Å². The van der Waals surface area contributed by atoms with Gasteiger partial charge >= 0.3 is 0 Å². The molecule has 35 heavy (non-hydrogen) atoms. The quantitative estimate of drug-likeness (QED) is 0.394. The van der Waals surface area contributed by atoms with E-state index in [0.29, 0.717) is 29.4 Å². The van der Waals surface area contributed by atoms with Crippen LogP contribution in [0.15, 0.2) is 65.3 Å². The average Bonchev–Trinajstić information content (AvgIpc) is 3.36. The van der Waals surface area contributed by atoms with Gasteiger partial charge in [0, 0.05) is 19.2 Å². The maximum atomic E-state index is 13.5. The second-order valence-electron chi connectivity index (χ2n) is 8.60. The van der Waals surface area contributed by atoms with Gasteiger partial charge in [0.05, 0.1) is 32.6 Å². The van der Waals surface area contributed by atoms with Crippen LogP contribution in [-0.4, -0.2) is 48.9 Å². The van der Waals surface area contributed by atoms with Crippen LogP contribution >= 0.6 is 0 Å². The minimum absolute atomic E-state index is 0.131. The van der Waals surface area contributed by atoms with Gasteiger partial charge in [-0.3, -0.25) is 9.59 Å². The Morgan fingerprint density at radius 3 is 2.31 bits per heavy atom. The summed E-state index contributed by atoms with van der Waals surface area (Å²) in [5.41, 5.74) is 1.11. The van der Waals surface area contributed by atoms with Crippen molar-refractivity contribution in [1.29, 1.82) is 0 Å². The van der Waals surface area contributed by atoms with Crippen molar-refractivity contribution < 1.29 is 27.9 Å². The van der Waals surface area contributed by atoms with Gasteiger partial charge in [0.15, 0.2) is 0 Å². The molecule has 1 heterocycles. The van der Waals surface area contributed by atoms with Crippen molar-refractivity contribution in [2.75, 3.05) is 27.3 Å². The Bertz CT molecular complexity index is 1110. The van der Waals surface area contributed by atoms with Crippen LogP contribution in [0.2, 0.25) is 0 Å². The normalized spacial score (nSPS) is 10.8. The van der Waals surface area contributed by atoms with Crippen molar-refractivity contribution in [3.8, 4) is 11.5 Å². The molecule has 3 aromatic rings. The van der Waals surface area contributed by atoms with Crippen LogP contribution in [-0.2, 0) is 17.9 Å². The van der Waals surface area contributed by atoms with E-state index in [1.165, 1.54) is 31.3 Å². The molecular weight excluding hydrogens is 451 g/mol. The Morgan fingerprint density at radius 1 is 0.971 bits per heavy atom. The van der Waals surface area contributed by atoms with Crippen LogP contribution in [0, 0.1) is 11.7 Å². The predicted octanol–water partition coefficient (Wildman–Crippen LogP) is 4.76. The van der Waals surface area contributed by atoms with Crippen molar-refractivity contribution in [2.24, 2.45) is 5.92 Å². The van der Waals surface area contributed by atoms with Gasteiger partial charge in [0.2, 0.25) is 5.91 Å². The first kappa shape index (κ1) is 25.8. The third-order valence-electron chi connectivity index (χ3n) is 5.40. The van der Waals surface area contributed by atoms with E-state index in [2.05, 4.69) is 0 Å². The maximum Gasteiger partial charge on any atom is 0.258 e. The van der Waals surface area contributed by atoms with Gasteiger partial charge < -0.3 is 23.7 Å². The van der Waals surface area contributed by atoms with E-state index < -0.39 is 0 Å². The minimum Gasteiger partial charge on any atom is -0.497 e. The molecule has 186 valence electrons. The van der Waals surface area contributed by atoms with E-state index in [0.717, 1.165) is 5.56 Å². The first-order valence-electron chi connectivity index (χ1n) is 11.4. The van der Waals surface area contributed by atoms with Gasteiger partial charge in [0.25, 0.3) is 5.91 Å². The number of amides is 2. The molecule has 0 aliphatic heterocycles. The second kappa shape index (κ2) is 12.1. The second-order valence-corrected chi connectivity index (χ2v) is 8.60. The van der Waals surface area contributed by atoms with Gasteiger partial charge in [-0.25, -0.2) is 4.39 Å². The van der Waals surface area contributed by atoms with Crippen LogP contribution in [0.1, 0.15) is 35.5 Å². The summed E-state index contributed by atoms with van der Waals surface area (Å²) < 4.78 is 29.5. The number of hydrogen-bond acceptors (Lipinski definition) is 5. The zero-order valence-electron chi connectivity index (χ0n) is 20.5. The summed E-state index contributed by atoms with van der Waals surface area (Å²) >= 11 is 0. The third kappa shape index (κ3) is 7.09. The van der Waals surface area contributed by atoms with Gasteiger partial charge in [-0.2, -0.15) is 0 Å². The number of methoxy groups -OCH3 is 2. The Hall–Kier alpha value is -3.81. The Balaban J connectivity index is 1.85. The number of carbonyl (C=O) groups is 2.